The van der Waals surface area contributed by atoms with E-state index in [2.05, 4.69) is 16.9 Å². The van der Waals surface area contributed by atoms with Crippen LogP contribution in [0.5, 0.6) is 0 Å². The van der Waals surface area contributed by atoms with Gasteiger partial charge < -0.3 is 15.4 Å². The maximum Gasteiger partial charge on any atom is 0.407 e. The Kier molecular flexibility index (Phi) is 8.47. The van der Waals surface area contributed by atoms with Gasteiger partial charge in [0.05, 0.1) is 0 Å². The van der Waals surface area contributed by atoms with E-state index in [0.29, 0.717) is 6.54 Å². The van der Waals surface area contributed by atoms with Crippen LogP contribution in [0, 0.1) is 0 Å². The zero-order valence-electron chi connectivity index (χ0n) is 10.8. The van der Waals surface area contributed by atoms with Gasteiger partial charge in [0.1, 0.15) is 5.60 Å². The summed E-state index contributed by atoms with van der Waals surface area (Å²) in [6, 6.07) is 0. The van der Waals surface area contributed by atoms with Gasteiger partial charge in [0.2, 0.25) is 0 Å². The summed E-state index contributed by atoms with van der Waals surface area (Å²) in [5.74, 6) is 1.17. The van der Waals surface area contributed by atoms with Gasteiger partial charge >= 0.3 is 6.09 Å². The van der Waals surface area contributed by atoms with Gasteiger partial charge in [0, 0.05) is 13.1 Å². The topological polar surface area (TPSA) is 50.4 Å². The molecule has 4 nitrogen and oxygen atoms in total. The van der Waals surface area contributed by atoms with Gasteiger partial charge in [0.25, 0.3) is 0 Å². The molecule has 1 amide bonds. The average Bonchev–Trinajstić information content (AvgIpc) is 2.13. The minimum atomic E-state index is -0.421. The van der Waals surface area contributed by atoms with Crippen molar-refractivity contribution in [1.82, 2.24) is 10.6 Å². The summed E-state index contributed by atoms with van der Waals surface area (Å²) in [5.41, 5.74) is -0.421. The van der Waals surface area contributed by atoms with Gasteiger partial charge in [-0.25, -0.2) is 4.79 Å². The summed E-state index contributed by atoms with van der Waals surface area (Å²) in [4.78, 5) is 11.2. The summed E-state index contributed by atoms with van der Waals surface area (Å²) in [6.45, 7) is 7.95. The first kappa shape index (κ1) is 15.6. The fourth-order valence-corrected chi connectivity index (χ4v) is 1.47. The minimum absolute atomic E-state index is 0.349. The molecule has 96 valence electrons. The van der Waals surface area contributed by atoms with Gasteiger partial charge in [0.15, 0.2) is 0 Å². The molecule has 0 aliphatic rings. The van der Waals surface area contributed by atoms with E-state index in [1.165, 1.54) is 5.75 Å². The molecule has 0 atom stereocenters. The van der Waals surface area contributed by atoms with Crippen LogP contribution in [0.2, 0.25) is 0 Å². The highest BCUT2D eigenvalue weighted by atomic mass is 32.2. The lowest BCUT2D eigenvalue weighted by Crippen LogP contribution is -2.36. The van der Waals surface area contributed by atoms with Crippen molar-refractivity contribution in [1.29, 1.82) is 0 Å². The first-order valence-corrected chi connectivity index (χ1v) is 7.01. The van der Waals surface area contributed by atoms with E-state index < -0.39 is 5.60 Å². The van der Waals surface area contributed by atoms with Gasteiger partial charge in [-0.15, -0.1) is 0 Å². The predicted octanol–water partition coefficient (Wildman–Crippen LogP) is 1.85. The molecule has 2 N–H and O–H groups in total. The van der Waals surface area contributed by atoms with E-state index in [9.17, 15) is 4.79 Å². The lowest BCUT2D eigenvalue weighted by molar-refractivity contribution is 0.0528. The molecule has 0 rings (SSSR count). The zero-order valence-corrected chi connectivity index (χ0v) is 11.6. The third-order valence-corrected chi connectivity index (χ3v) is 2.37. The number of amides is 1. The Morgan fingerprint density at radius 3 is 2.50 bits per heavy atom. The Morgan fingerprint density at radius 1 is 1.25 bits per heavy atom. The molecule has 0 fully saturated rings. The van der Waals surface area contributed by atoms with Crippen molar-refractivity contribution in [3.05, 3.63) is 0 Å². The molecule has 16 heavy (non-hydrogen) atoms. The Labute approximate surface area is 103 Å². The number of alkyl carbamates (subject to hydrolysis) is 1. The predicted molar refractivity (Wildman–Crippen MR) is 70.1 cm³/mol. The van der Waals surface area contributed by atoms with Crippen molar-refractivity contribution in [2.24, 2.45) is 0 Å². The fraction of sp³-hybridized carbons (Fsp3) is 0.909. The molecule has 5 heteroatoms. The van der Waals surface area contributed by atoms with Crippen LogP contribution in [-0.4, -0.2) is 43.3 Å². The molecule has 0 aliphatic carbocycles. The van der Waals surface area contributed by atoms with Crippen LogP contribution in [0.1, 0.15) is 27.2 Å². The van der Waals surface area contributed by atoms with Gasteiger partial charge in [-0.3, -0.25) is 0 Å². The normalized spacial score (nSPS) is 11.2. The maximum absolute atomic E-state index is 11.2. The minimum Gasteiger partial charge on any atom is -0.444 e. The number of carbonyl (C=O) groups is 1. The molecular formula is C11H24N2O2S. The molecule has 0 unspecified atom stereocenters. The molecule has 0 heterocycles. The molecule has 0 aliphatic heterocycles. The van der Waals surface area contributed by atoms with Crippen LogP contribution in [0.3, 0.4) is 0 Å². The highest BCUT2D eigenvalue weighted by molar-refractivity contribution is 7.98. The Bertz CT molecular complexity index is 193. The van der Waals surface area contributed by atoms with Crippen molar-refractivity contribution in [2.75, 3.05) is 31.6 Å². The second-order valence-electron chi connectivity index (χ2n) is 4.53. The quantitative estimate of drug-likeness (QED) is 0.675. The van der Waals surface area contributed by atoms with E-state index in [1.54, 1.807) is 0 Å². The van der Waals surface area contributed by atoms with Crippen LogP contribution >= 0.6 is 11.8 Å². The monoisotopic (exact) mass is 248 g/mol. The summed E-state index contributed by atoms with van der Waals surface area (Å²) < 4.78 is 5.10. The number of hydrogen-bond donors (Lipinski definition) is 2. The number of thioether (sulfide) groups is 1. The molecule has 0 saturated heterocycles. The molecule has 0 radical (unpaired) electrons. The van der Waals surface area contributed by atoms with Crippen molar-refractivity contribution in [3.63, 3.8) is 0 Å². The van der Waals surface area contributed by atoms with E-state index in [0.717, 1.165) is 19.5 Å². The fourth-order valence-electron chi connectivity index (χ4n) is 1.03. The summed E-state index contributed by atoms with van der Waals surface area (Å²) in [7, 11) is 0. The summed E-state index contributed by atoms with van der Waals surface area (Å²) >= 11 is 1.85. The van der Waals surface area contributed by atoms with E-state index in [-0.39, 0.29) is 6.09 Å². The first-order valence-electron chi connectivity index (χ1n) is 5.62. The maximum atomic E-state index is 11.2. The number of ether oxygens (including phenoxy) is 1. The van der Waals surface area contributed by atoms with Crippen molar-refractivity contribution < 1.29 is 9.53 Å². The Morgan fingerprint density at radius 2 is 1.94 bits per heavy atom. The Hall–Kier alpha value is -0.420. The van der Waals surface area contributed by atoms with Crippen LogP contribution in [0.4, 0.5) is 4.79 Å². The highest BCUT2D eigenvalue weighted by Gasteiger charge is 2.15. The van der Waals surface area contributed by atoms with Gasteiger partial charge in [-0.1, -0.05) is 0 Å². The van der Waals surface area contributed by atoms with Crippen molar-refractivity contribution in [3.8, 4) is 0 Å². The molecule has 0 saturated carbocycles. The second kappa shape index (κ2) is 8.70. The lowest BCUT2D eigenvalue weighted by atomic mass is 10.2. The molecule has 0 aromatic carbocycles. The van der Waals surface area contributed by atoms with Crippen molar-refractivity contribution >= 4 is 17.9 Å². The van der Waals surface area contributed by atoms with E-state index in [1.807, 2.05) is 32.5 Å². The molecule has 0 aromatic rings. The second-order valence-corrected chi connectivity index (χ2v) is 5.51. The summed E-state index contributed by atoms with van der Waals surface area (Å²) in [6.07, 6.45) is 2.91. The standard InChI is InChI=1S/C11H24N2O2S/c1-11(2,3)15-10(14)13-8-7-12-6-5-9-16-4/h12H,5-9H2,1-4H3,(H,13,14). The van der Waals surface area contributed by atoms with Crippen LogP contribution in [0.25, 0.3) is 0 Å². The van der Waals surface area contributed by atoms with E-state index in [4.69, 9.17) is 4.74 Å². The van der Waals surface area contributed by atoms with Crippen LogP contribution in [0.15, 0.2) is 0 Å². The SMILES string of the molecule is CSCCCNCCNC(=O)OC(C)(C)C. The Balaban J connectivity index is 3.28. The largest absolute Gasteiger partial charge is 0.444 e. The van der Waals surface area contributed by atoms with Crippen LogP contribution < -0.4 is 10.6 Å². The first-order chi connectivity index (χ1) is 7.45. The van der Waals surface area contributed by atoms with Gasteiger partial charge in [-0.2, -0.15) is 11.8 Å². The van der Waals surface area contributed by atoms with Crippen LogP contribution in [-0.2, 0) is 4.74 Å². The highest BCUT2D eigenvalue weighted by Crippen LogP contribution is 2.05. The molecule has 0 spiro atoms. The number of nitrogens with one attached hydrogen (secondary N) is 2. The lowest BCUT2D eigenvalue weighted by Gasteiger charge is -2.19. The number of carbonyl (C=O) groups excluding carboxylic acids is 1. The van der Waals surface area contributed by atoms with Crippen molar-refractivity contribution in [2.45, 2.75) is 32.8 Å². The molecule has 0 bridgehead atoms. The average molecular weight is 248 g/mol. The van der Waals surface area contributed by atoms with E-state index >= 15 is 0 Å². The number of rotatable bonds is 7. The molecule has 0 aromatic heterocycles. The van der Waals surface area contributed by atoms with Gasteiger partial charge in [-0.05, 0) is 45.7 Å². The molecular weight excluding hydrogens is 224 g/mol. The third-order valence-electron chi connectivity index (χ3n) is 1.67. The smallest absolute Gasteiger partial charge is 0.407 e. The number of hydrogen-bond acceptors (Lipinski definition) is 4. The third kappa shape index (κ3) is 11.7. The zero-order chi connectivity index (χ0) is 12.4. The summed E-state index contributed by atoms with van der Waals surface area (Å²) in [5, 5.41) is 5.96.